The molecular weight excluding hydrogens is 545 g/mol. The lowest BCUT2D eigenvalue weighted by atomic mass is 9.96. The van der Waals surface area contributed by atoms with Crippen LogP contribution in [0.15, 0.2) is 72.8 Å². The maximum Gasteiger partial charge on any atom is 0.331 e. The van der Waals surface area contributed by atoms with Crippen LogP contribution in [0.25, 0.3) is 26.6 Å². The van der Waals surface area contributed by atoms with E-state index in [1.54, 1.807) is 17.4 Å². The lowest BCUT2D eigenvalue weighted by Crippen LogP contribution is -2.43. The quantitative estimate of drug-likeness (QED) is 0.111. The van der Waals surface area contributed by atoms with Crippen molar-refractivity contribution in [1.29, 1.82) is 0 Å². The highest BCUT2D eigenvalue weighted by Crippen LogP contribution is 2.49. The minimum Gasteiger partial charge on any atom is -0.543 e. The second kappa shape index (κ2) is 12.3. The number of carbonyl (C=O) groups excluding carboxylic acids is 1. The van der Waals surface area contributed by atoms with Gasteiger partial charge in [0.1, 0.15) is 11.5 Å². The fourth-order valence-corrected chi connectivity index (χ4v) is 6.48. The Balaban J connectivity index is 1.73. The van der Waals surface area contributed by atoms with Gasteiger partial charge in [0.2, 0.25) is 8.32 Å². The molecule has 0 fully saturated rings. The molecule has 216 valence electrons. The van der Waals surface area contributed by atoms with E-state index in [0.717, 1.165) is 37.8 Å². The zero-order chi connectivity index (χ0) is 29.9. The number of esters is 1. The van der Waals surface area contributed by atoms with Crippen molar-refractivity contribution in [1.82, 2.24) is 0 Å². The molecule has 0 N–H and O–H groups in total. The predicted molar refractivity (Wildman–Crippen MR) is 176 cm³/mol. The Hall–Kier alpha value is -3.35. The number of hydrogen-bond donors (Lipinski definition) is 0. The van der Waals surface area contributed by atoms with Crippen molar-refractivity contribution in [2.75, 3.05) is 0 Å². The topological polar surface area (TPSA) is 44.8 Å². The molecule has 0 bridgehead atoms. The number of carbonyl (C=O) groups is 1. The van der Waals surface area contributed by atoms with E-state index in [4.69, 9.17) is 13.9 Å². The van der Waals surface area contributed by atoms with Crippen LogP contribution in [0.4, 0.5) is 0 Å². The van der Waals surface area contributed by atoms with Crippen molar-refractivity contribution < 1.29 is 18.7 Å². The maximum absolute atomic E-state index is 11.9. The van der Waals surface area contributed by atoms with E-state index in [9.17, 15) is 4.79 Å². The summed E-state index contributed by atoms with van der Waals surface area (Å²) in [6, 6.07) is 22.7. The molecule has 0 aliphatic heterocycles. The number of rotatable bonds is 9. The van der Waals surface area contributed by atoms with E-state index in [2.05, 4.69) is 90.2 Å². The first-order valence-electron chi connectivity index (χ1n) is 14.3. The van der Waals surface area contributed by atoms with Crippen molar-refractivity contribution in [2.45, 2.75) is 78.6 Å². The Bertz CT molecular complexity index is 1540. The second-order valence-corrected chi connectivity index (χ2v) is 18.3. The van der Waals surface area contributed by atoms with Crippen molar-refractivity contribution in [3.63, 3.8) is 0 Å². The number of hydrogen-bond acceptors (Lipinski definition) is 5. The Kier molecular flexibility index (Phi) is 9.15. The number of benzene rings is 3. The molecule has 0 unspecified atom stereocenters. The monoisotopic (exact) mass is 586 g/mol. The Labute approximate surface area is 250 Å². The number of thiophene rings is 1. The van der Waals surface area contributed by atoms with Crippen LogP contribution in [0.5, 0.6) is 17.2 Å². The number of fused-ring (bicyclic) bond motifs is 1. The molecule has 0 amide bonds. The van der Waals surface area contributed by atoms with Crippen LogP contribution in [0.3, 0.4) is 0 Å². The summed E-state index contributed by atoms with van der Waals surface area (Å²) in [6.45, 7) is 19.4. The molecule has 0 spiro atoms. The summed E-state index contributed by atoms with van der Waals surface area (Å²) < 4.78 is 19.6. The average molecular weight is 587 g/mol. The van der Waals surface area contributed by atoms with Gasteiger partial charge in [0.25, 0.3) is 0 Å². The molecule has 0 atom stereocenters. The van der Waals surface area contributed by atoms with Gasteiger partial charge in [0, 0.05) is 16.2 Å². The van der Waals surface area contributed by atoms with Crippen molar-refractivity contribution in [3.05, 3.63) is 83.9 Å². The molecule has 1 heterocycles. The van der Waals surface area contributed by atoms with Gasteiger partial charge < -0.3 is 13.9 Å². The standard InChI is InChI=1S/C35H42O4SSi/c1-23(2)28-12-10-11-13-29(28)34-33(38-26-17-14-25(15-18-26)16-21-32(36)37-24(3)4)30-20-19-27(22-31(30)40-34)39-41(8,9)35(5,6)7/h10-24H,1-9H3/b21-16+. The van der Waals surface area contributed by atoms with Gasteiger partial charge in [-0.15, -0.1) is 11.3 Å². The minimum absolute atomic E-state index is 0.114. The van der Waals surface area contributed by atoms with Gasteiger partial charge in [-0.3, -0.25) is 0 Å². The van der Waals surface area contributed by atoms with Crippen molar-refractivity contribution in [3.8, 4) is 27.7 Å². The summed E-state index contributed by atoms with van der Waals surface area (Å²) in [5.74, 6) is 2.51. The summed E-state index contributed by atoms with van der Waals surface area (Å²) in [5, 5.41) is 1.18. The molecule has 1 aromatic heterocycles. The maximum atomic E-state index is 11.9. The van der Waals surface area contributed by atoms with Crippen LogP contribution in [-0.2, 0) is 9.53 Å². The average Bonchev–Trinajstić information content (AvgIpc) is 3.24. The molecule has 6 heteroatoms. The Morgan fingerprint density at radius 3 is 2.20 bits per heavy atom. The van der Waals surface area contributed by atoms with Crippen LogP contribution in [0.2, 0.25) is 18.1 Å². The second-order valence-electron chi connectivity index (χ2n) is 12.5. The molecule has 0 radical (unpaired) electrons. The molecule has 0 saturated carbocycles. The molecule has 4 aromatic rings. The van der Waals surface area contributed by atoms with Gasteiger partial charge in [-0.05, 0) is 91.0 Å². The first-order chi connectivity index (χ1) is 19.2. The van der Waals surface area contributed by atoms with Gasteiger partial charge in [0.05, 0.1) is 11.0 Å². The van der Waals surface area contributed by atoms with E-state index >= 15 is 0 Å². The molecular formula is C35H42O4SSi. The molecule has 4 rings (SSSR count). The van der Waals surface area contributed by atoms with E-state index in [0.29, 0.717) is 5.92 Å². The largest absolute Gasteiger partial charge is 0.543 e. The zero-order valence-electron chi connectivity index (χ0n) is 25.7. The molecule has 41 heavy (non-hydrogen) atoms. The minimum atomic E-state index is -1.98. The molecule has 0 aliphatic carbocycles. The van der Waals surface area contributed by atoms with Crippen LogP contribution in [0, 0.1) is 0 Å². The number of ether oxygens (including phenoxy) is 2. The summed E-state index contributed by atoms with van der Waals surface area (Å²) in [6.07, 6.45) is 3.06. The van der Waals surface area contributed by atoms with Crippen LogP contribution < -0.4 is 9.16 Å². The van der Waals surface area contributed by atoms with E-state index in [1.165, 1.54) is 17.2 Å². The van der Waals surface area contributed by atoms with Gasteiger partial charge in [-0.2, -0.15) is 0 Å². The van der Waals surface area contributed by atoms with Crippen LogP contribution in [-0.4, -0.2) is 20.4 Å². The van der Waals surface area contributed by atoms with Crippen LogP contribution in [0.1, 0.15) is 65.5 Å². The molecule has 0 saturated heterocycles. The Morgan fingerprint density at radius 1 is 0.902 bits per heavy atom. The first kappa shape index (κ1) is 30.6. The van der Waals surface area contributed by atoms with Gasteiger partial charge in [-0.25, -0.2) is 4.79 Å². The fourth-order valence-electron chi connectivity index (χ4n) is 4.25. The lowest BCUT2D eigenvalue weighted by Gasteiger charge is -2.36. The fraction of sp³-hybridized carbons (Fsp3) is 0.343. The third-order valence-electron chi connectivity index (χ3n) is 7.49. The highest BCUT2D eigenvalue weighted by molar-refractivity contribution is 7.22. The predicted octanol–water partition coefficient (Wildman–Crippen LogP) is 10.8. The Morgan fingerprint density at radius 2 is 1.56 bits per heavy atom. The van der Waals surface area contributed by atoms with Gasteiger partial charge >= 0.3 is 5.97 Å². The smallest absolute Gasteiger partial charge is 0.331 e. The molecule has 0 aliphatic rings. The normalized spacial score (nSPS) is 12.5. The highest BCUT2D eigenvalue weighted by Gasteiger charge is 2.39. The summed E-state index contributed by atoms with van der Waals surface area (Å²) >= 11 is 1.74. The van der Waals surface area contributed by atoms with Crippen molar-refractivity contribution in [2.24, 2.45) is 0 Å². The van der Waals surface area contributed by atoms with E-state index in [1.807, 2.05) is 38.1 Å². The third kappa shape index (κ3) is 7.30. The van der Waals surface area contributed by atoms with Crippen LogP contribution >= 0.6 is 11.3 Å². The zero-order valence-corrected chi connectivity index (χ0v) is 27.5. The summed E-state index contributed by atoms with van der Waals surface area (Å²) in [5.41, 5.74) is 3.37. The van der Waals surface area contributed by atoms with E-state index in [-0.39, 0.29) is 17.1 Å². The third-order valence-corrected chi connectivity index (χ3v) is 13.0. The highest BCUT2D eigenvalue weighted by atomic mass is 32.1. The van der Waals surface area contributed by atoms with E-state index < -0.39 is 8.32 Å². The SMILES string of the molecule is CC(C)OC(=O)/C=C/c1ccc(Oc2c(-c3ccccc3C(C)C)sc3cc(O[Si](C)(C)C(C)(C)C)ccc23)cc1. The van der Waals surface area contributed by atoms with Gasteiger partial charge in [-0.1, -0.05) is 71.0 Å². The lowest BCUT2D eigenvalue weighted by molar-refractivity contribution is -0.141. The van der Waals surface area contributed by atoms with Gasteiger partial charge in [0.15, 0.2) is 5.75 Å². The summed E-state index contributed by atoms with van der Waals surface area (Å²) in [7, 11) is -1.98. The molecule has 3 aromatic carbocycles. The van der Waals surface area contributed by atoms with Crippen molar-refractivity contribution >= 4 is 41.8 Å². The summed E-state index contributed by atoms with van der Waals surface area (Å²) in [4.78, 5) is 13.0. The first-order valence-corrected chi connectivity index (χ1v) is 18.0. The molecule has 4 nitrogen and oxygen atoms in total.